The number of benzene rings is 2. The number of nitrogens with one attached hydrogen (secondary N) is 3. The van der Waals surface area contributed by atoms with E-state index < -0.39 is 29.0 Å². The fraction of sp³-hybridized carbons (Fsp3) is 0.571. The van der Waals surface area contributed by atoms with E-state index in [9.17, 15) is 35.9 Å². The van der Waals surface area contributed by atoms with Crippen LogP contribution < -0.4 is 20.9 Å². The van der Waals surface area contributed by atoms with Crippen molar-refractivity contribution in [2.24, 2.45) is 11.8 Å². The summed E-state index contributed by atoms with van der Waals surface area (Å²) in [6.07, 6.45) is -2.32. The quantitative estimate of drug-likeness (QED) is 0.218. The second-order valence-corrected chi connectivity index (χ2v) is 16.7. The molecule has 8 rings (SSSR count). The fourth-order valence-electron chi connectivity index (χ4n) is 8.99. The van der Waals surface area contributed by atoms with E-state index in [1.54, 1.807) is 0 Å². The summed E-state index contributed by atoms with van der Waals surface area (Å²) in [4.78, 5) is 48.0. The van der Waals surface area contributed by atoms with Crippen molar-refractivity contribution in [3.05, 3.63) is 65.7 Å². The van der Waals surface area contributed by atoms with Crippen LogP contribution in [0.1, 0.15) is 43.4 Å². The smallest absolute Gasteiger partial charge is 0.379 e. The molecule has 3 N–H and O–H groups in total. The minimum atomic E-state index is -4.54. The second kappa shape index (κ2) is 19.3. The number of rotatable bonds is 8. The molecule has 62 heavy (non-hydrogen) atoms. The number of nitrogens with zero attached hydrogens (tertiary/aromatic N) is 7. The molecule has 0 saturated carbocycles. The third kappa shape index (κ3) is 10.9. The average molecular weight is 875 g/mol. The lowest BCUT2D eigenvalue weighted by Gasteiger charge is -2.42. The number of alkyl halides is 6. The molecule has 336 valence electrons. The number of piperidine rings is 2. The predicted octanol–water partition coefficient (Wildman–Crippen LogP) is 4.23. The Morgan fingerprint density at radius 3 is 1.84 bits per heavy atom. The number of aromatic nitrogens is 4. The molecule has 4 atom stereocenters. The molecule has 20 heteroatoms. The monoisotopic (exact) mass is 874 g/mol. The largest absolute Gasteiger partial charge is 0.418 e. The molecule has 14 nitrogen and oxygen atoms in total. The van der Waals surface area contributed by atoms with E-state index in [0.717, 1.165) is 38.2 Å². The number of hydrogen-bond donors (Lipinski definition) is 3. The molecule has 2 amide bonds. The van der Waals surface area contributed by atoms with Crippen molar-refractivity contribution in [3.63, 3.8) is 0 Å². The van der Waals surface area contributed by atoms with Gasteiger partial charge < -0.3 is 30.3 Å². The number of fused-ring (bicyclic) bond motifs is 2. The van der Waals surface area contributed by atoms with Crippen molar-refractivity contribution in [1.29, 1.82) is 0 Å². The molecule has 2 aromatic heterocycles. The van der Waals surface area contributed by atoms with Crippen LogP contribution in [0.15, 0.2) is 49.1 Å². The van der Waals surface area contributed by atoms with Crippen LogP contribution in [0.5, 0.6) is 0 Å². The van der Waals surface area contributed by atoms with E-state index in [4.69, 9.17) is 9.47 Å². The van der Waals surface area contributed by atoms with Gasteiger partial charge in [0.15, 0.2) is 0 Å². The zero-order valence-electron chi connectivity index (χ0n) is 34.7. The fourth-order valence-corrected chi connectivity index (χ4v) is 8.99. The first-order valence-electron chi connectivity index (χ1n) is 20.9. The lowest BCUT2D eigenvalue weighted by Crippen LogP contribution is -2.59. The number of anilines is 1. The molecule has 2 aromatic carbocycles. The third-order valence-electron chi connectivity index (χ3n) is 11.7. The van der Waals surface area contributed by atoms with E-state index in [1.807, 2.05) is 16.7 Å². The molecular weight excluding hydrogens is 823 g/mol. The van der Waals surface area contributed by atoms with Gasteiger partial charge in [0.1, 0.15) is 16.6 Å². The van der Waals surface area contributed by atoms with Gasteiger partial charge >= 0.3 is 12.4 Å². The average Bonchev–Trinajstić information content (AvgIpc) is 3.22. The highest BCUT2D eigenvalue weighted by atomic mass is 19.4. The summed E-state index contributed by atoms with van der Waals surface area (Å²) in [5.74, 6) is 0.260. The lowest BCUT2D eigenvalue weighted by atomic mass is 9.78. The summed E-state index contributed by atoms with van der Waals surface area (Å²) >= 11 is 0. The van der Waals surface area contributed by atoms with E-state index >= 15 is 0 Å². The maximum Gasteiger partial charge on any atom is 0.418 e. The lowest BCUT2D eigenvalue weighted by molar-refractivity contribution is -0.137. The molecule has 0 aliphatic carbocycles. The molecule has 4 aliphatic heterocycles. The van der Waals surface area contributed by atoms with Gasteiger partial charge in [-0.3, -0.25) is 39.3 Å². The number of halogens is 6. The SMILES string of the molecule is C[C@@H]1CNC[C@](NC(=O)CN2CCOCC2)(c2ccc(C(F)(F)F)c3nccnc23)C1.C[C@H]1C[C@@H](NC(=O)CN2CCOCC2)CN(c2ccc(C(F)(F)F)c3nccnc23)C1. The van der Waals surface area contributed by atoms with Crippen molar-refractivity contribution in [3.8, 4) is 0 Å². The Hall–Kier alpha value is -4.76. The predicted molar refractivity (Wildman–Crippen MR) is 218 cm³/mol. The number of morpholine rings is 2. The highest BCUT2D eigenvalue weighted by Gasteiger charge is 2.42. The number of carbonyl (C=O) groups is 2. The highest BCUT2D eigenvalue weighted by molar-refractivity contribution is 5.91. The molecule has 0 bridgehead atoms. The Morgan fingerprint density at radius 1 is 0.726 bits per heavy atom. The zero-order chi connectivity index (χ0) is 44.1. The maximum absolute atomic E-state index is 13.6. The van der Waals surface area contributed by atoms with Crippen LogP contribution in [0.25, 0.3) is 22.1 Å². The van der Waals surface area contributed by atoms with Crippen LogP contribution in [0, 0.1) is 11.8 Å². The number of ether oxygens (including phenoxy) is 2. The summed E-state index contributed by atoms with van der Waals surface area (Å²) < 4.78 is 91.5. The Morgan fingerprint density at radius 2 is 1.26 bits per heavy atom. The van der Waals surface area contributed by atoms with Gasteiger partial charge in [-0.25, -0.2) is 0 Å². The number of amides is 2. The molecule has 4 aliphatic rings. The van der Waals surface area contributed by atoms with Gasteiger partial charge in [-0.15, -0.1) is 0 Å². The van der Waals surface area contributed by atoms with Gasteiger partial charge in [-0.2, -0.15) is 26.3 Å². The molecule has 0 spiro atoms. The van der Waals surface area contributed by atoms with Crippen LogP contribution in [-0.4, -0.2) is 139 Å². The van der Waals surface area contributed by atoms with Crippen molar-refractivity contribution in [2.75, 3.05) is 96.8 Å². The van der Waals surface area contributed by atoms with E-state index in [1.165, 1.54) is 36.9 Å². The molecule has 4 fully saturated rings. The second-order valence-electron chi connectivity index (χ2n) is 16.7. The Bertz CT molecular complexity index is 2190. The van der Waals surface area contributed by atoms with Gasteiger partial charge in [0.05, 0.1) is 67.4 Å². The van der Waals surface area contributed by atoms with Gasteiger partial charge in [0.25, 0.3) is 0 Å². The Kier molecular flexibility index (Phi) is 14.1. The van der Waals surface area contributed by atoms with Crippen LogP contribution in [-0.2, 0) is 37.0 Å². The molecule has 4 aromatic rings. The van der Waals surface area contributed by atoms with Gasteiger partial charge in [0.2, 0.25) is 11.8 Å². The van der Waals surface area contributed by atoms with Crippen molar-refractivity contribution in [2.45, 2.75) is 50.6 Å². The molecule has 0 unspecified atom stereocenters. The van der Waals surface area contributed by atoms with Crippen molar-refractivity contribution < 1.29 is 45.4 Å². The van der Waals surface area contributed by atoms with Crippen LogP contribution in [0.3, 0.4) is 0 Å². The minimum absolute atomic E-state index is 0.0435. The van der Waals surface area contributed by atoms with Crippen molar-refractivity contribution >= 4 is 39.6 Å². The zero-order valence-corrected chi connectivity index (χ0v) is 34.7. The summed E-state index contributed by atoms with van der Waals surface area (Å²) in [5, 5.41) is 9.57. The molecular formula is C42H52F6N10O4. The summed E-state index contributed by atoms with van der Waals surface area (Å²) in [7, 11) is 0. The van der Waals surface area contributed by atoms with E-state index in [0.29, 0.717) is 83.4 Å². The normalized spacial score (nSPS) is 24.3. The summed E-state index contributed by atoms with van der Waals surface area (Å²) in [5.41, 5.74) is -1.30. The standard InChI is InChI=1S/2C21H26F3N5O2/c1-14-10-15(27-18(30)13-28-6-8-31-9-7-28)12-29(11-14)17-3-2-16(21(22,23)24)19-20(17)26-5-4-25-19;1-14-10-20(13-25-11-14,28-17(30)12-29-6-8-31-9-7-29)15-2-3-16(21(22,23)24)19-18(15)26-4-5-27-19/h2-5,14-15H,6-13H2,1H3,(H,27,30);2-5,14,25H,6-13H2,1H3,(H,28,30)/t14-,15+;14-,20-/m00/s1. The highest BCUT2D eigenvalue weighted by Crippen LogP contribution is 2.40. The van der Waals surface area contributed by atoms with E-state index in [-0.39, 0.29) is 58.3 Å². The Labute approximate surface area is 355 Å². The van der Waals surface area contributed by atoms with Crippen LogP contribution in [0.2, 0.25) is 0 Å². The topological polar surface area (TPSA) is 150 Å². The first kappa shape index (κ1) is 45.3. The first-order chi connectivity index (χ1) is 29.6. The van der Waals surface area contributed by atoms with Gasteiger partial charge in [0, 0.05) is 82.2 Å². The summed E-state index contributed by atoms with van der Waals surface area (Å²) in [6, 6.07) is 4.92. The molecule has 6 heterocycles. The maximum atomic E-state index is 13.6. The van der Waals surface area contributed by atoms with Crippen LogP contribution >= 0.6 is 0 Å². The van der Waals surface area contributed by atoms with Crippen molar-refractivity contribution in [1.82, 2.24) is 45.7 Å². The molecule has 4 saturated heterocycles. The van der Waals surface area contributed by atoms with Crippen LogP contribution in [0.4, 0.5) is 32.0 Å². The van der Waals surface area contributed by atoms with Gasteiger partial charge in [-0.05, 0) is 49.4 Å². The third-order valence-corrected chi connectivity index (χ3v) is 11.7. The van der Waals surface area contributed by atoms with E-state index in [2.05, 4.69) is 47.7 Å². The number of hydrogen-bond acceptors (Lipinski definition) is 12. The minimum Gasteiger partial charge on any atom is -0.379 e. The Balaban J connectivity index is 0.000000186. The summed E-state index contributed by atoms with van der Waals surface area (Å²) in [6.45, 7) is 12.2. The number of carbonyl (C=O) groups excluding carboxylic acids is 2. The molecule has 0 radical (unpaired) electrons. The van der Waals surface area contributed by atoms with Gasteiger partial charge in [-0.1, -0.05) is 19.9 Å². The first-order valence-corrected chi connectivity index (χ1v) is 20.9.